The van der Waals surface area contributed by atoms with E-state index >= 15 is 0 Å². The van der Waals surface area contributed by atoms with Gasteiger partial charge in [-0.05, 0) is 30.5 Å². The fourth-order valence-electron chi connectivity index (χ4n) is 3.20. The highest BCUT2D eigenvalue weighted by Crippen LogP contribution is 2.40. The van der Waals surface area contributed by atoms with Crippen LogP contribution >= 0.6 is 0 Å². The number of rotatable bonds is 3. The molecule has 0 unspecified atom stereocenters. The summed E-state index contributed by atoms with van der Waals surface area (Å²) in [5, 5.41) is 4.02. The second-order valence-electron chi connectivity index (χ2n) is 5.73. The molecule has 0 aliphatic heterocycles. The van der Waals surface area contributed by atoms with E-state index in [1.165, 1.54) is 25.7 Å². The van der Waals surface area contributed by atoms with Gasteiger partial charge in [0.25, 0.3) is 0 Å². The number of aromatic nitrogens is 1. The van der Waals surface area contributed by atoms with Gasteiger partial charge in [-0.2, -0.15) is 0 Å². The third-order valence-electron chi connectivity index (χ3n) is 4.33. The lowest BCUT2D eigenvalue weighted by Crippen LogP contribution is -1.99. The van der Waals surface area contributed by atoms with Crippen molar-refractivity contribution in [3.8, 4) is 16.9 Å². The van der Waals surface area contributed by atoms with Crippen LogP contribution in [0.15, 0.2) is 28.8 Å². The Labute approximate surface area is 125 Å². The van der Waals surface area contributed by atoms with Crippen LogP contribution in [0.5, 0.6) is 5.75 Å². The Hall–Kier alpha value is -1.97. The molecule has 1 aromatic heterocycles. The molecule has 0 saturated heterocycles. The average Bonchev–Trinajstić information content (AvgIpc) is 2.74. The van der Waals surface area contributed by atoms with Gasteiger partial charge in [0.2, 0.25) is 0 Å². The Balaban J connectivity index is 1.99. The highest BCUT2D eigenvalue weighted by molar-refractivity contribution is 5.76. The molecule has 3 rings (SSSR count). The lowest BCUT2D eigenvalue weighted by Gasteiger charge is -2.13. The SMILES string of the molecule is COc1cccc(-c2c(N)noc2C2CCCCCC2)c1. The molecular weight excluding hydrogens is 264 g/mol. The Kier molecular flexibility index (Phi) is 4.13. The third kappa shape index (κ3) is 2.89. The number of methoxy groups -OCH3 is 1. The number of anilines is 1. The predicted molar refractivity (Wildman–Crippen MR) is 83.3 cm³/mol. The number of nitrogens with zero attached hydrogens (tertiary/aromatic N) is 1. The zero-order chi connectivity index (χ0) is 14.7. The summed E-state index contributed by atoms with van der Waals surface area (Å²) in [5.74, 6) is 2.67. The molecule has 2 aromatic rings. The van der Waals surface area contributed by atoms with Crippen LogP contribution in [0.4, 0.5) is 5.82 Å². The molecule has 1 aromatic carbocycles. The number of hydrogen-bond donors (Lipinski definition) is 1. The van der Waals surface area contributed by atoms with Crippen LogP contribution in [0.2, 0.25) is 0 Å². The summed E-state index contributed by atoms with van der Waals surface area (Å²) in [5.41, 5.74) is 8.03. The quantitative estimate of drug-likeness (QED) is 0.851. The van der Waals surface area contributed by atoms with Crippen LogP contribution in [0.3, 0.4) is 0 Å². The summed E-state index contributed by atoms with van der Waals surface area (Å²) >= 11 is 0. The molecule has 1 saturated carbocycles. The minimum atomic E-state index is 0.429. The van der Waals surface area contributed by atoms with Gasteiger partial charge in [0, 0.05) is 5.92 Å². The second-order valence-corrected chi connectivity index (χ2v) is 5.73. The molecule has 1 fully saturated rings. The van der Waals surface area contributed by atoms with Crippen molar-refractivity contribution >= 4 is 5.82 Å². The molecule has 2 N–H and O–H groups in total. The molecule has 0 atom stereocenters. The van der Waals surface area contributed by atoms with Crippen LogP contribution in [0, 0.1) is 0 Å². The Morgan fingerprint density at radius 1 is 1.19 bits per heavy atom. The zero-order valence-corrected chi connectivity index (χ0v) is 12.5. The topological polar surface area (TPSA) is 61.3 Å². The molecule has 21 heavy (non-hydrogen) atoms. The number of nitrogens with two attached hydrogens (primary N) is 1. The summed E-state index contributed by atoms with van der Waals surface area (Å²) in [6.07, 6.45) is 7.45. The van der Waals surface area contributed by atoms with Crippen molar-refractivity contribution in [2.24, 2.45) is 0 Å². The molecule has 1 heterocycles. The highest BCUT2D eigenvalue weighted by Gasteiger charge is 2.25. The number of nitrogen functional groups attached to an aromatic ring is 1. The van der Waals surface area contributed by atoms with Crippen LogP contribution < -0.4 is 10.5 Å². The van der Waals surface area contributed by atoms with Gasteiger partial charge in [-0.1, -0.05) is 43.0 Å². The van der Waals surface area contributed by atoms with Crippen molar-refractivity contribution in [1.29, 1.82) is 0 Å². The summed E-state index contributed by atoms with van der Waals surface area (Å²) in [6.45, 7) is 0. The van der Waals surface area contributed by atoms with Crippen molar-refractivity contribution in [2.75, 3.05) is 12.8 Å². The van der Waals surface area contributed by atoms with E-state index in [4.69, 9.17) is 15.0 Å². The summed E-state index contributed by atoms with van der Waals surface area (Å²) in [7, 11) is 1.67. The van der Waals surface area contributed by atoms with Crippen molar-refractivity contribution < 1.29 is 9.26 Å². The molecule has 0 spiro atoms. The summed E-state index contributed by atoms with van der Waals surface area (Å²) in [4.78, 5) is 0. The van der Waals surface area contributed by atoms with Crippen molar-refractivity contribution in [3.05, 3.63) is 30.0 Å². The van der Waals surface area contributed by atoms with Crippen LogP contribution in [-0.4, -0.2) is 12.3 Å². The van der Waals surface area contributed by atoms with Gasteiger partial charge in [-0.3, -0.25) is 0 Å². The first-order valence-electron chi connectivity index (χ1n) is 7.69. The van der Waals surface area contributed by atoms with Crippen LogP contribution in [0.1, 0.15) is 50.2 Å². The normalized spacial score (nSPS) is 16.6. The fourth-order valence-corrected chi connectivity index (χ4v) is 3.20. The van der Waals surface area contributed by atoms with Gasteiger partial charge >= 0.3 is 0 Å². The second kappa shape index (κ2) is 6.20. The van der Waals surface area contributed by atoms with E-state index in [-0.39, 0.29) is 0 Å². The molecule has 0 amide bonds. The predicted octanol–water partition coefficient (Wildman–Crippen LogP) is 4.37. The van der Waals surface area contributed by atoms with E-state index in [1.54, 1.807) is 7.11 Å². The lowest BCUT2D eigenvalue weighted by atomic mass is 9.92. The van der Waals surface area contributed by atoms with Crippen molar-refractivity contribution in [3.63, 3.8) is 0 Å². The lowest BCUT2D eigenvalue weighted by molar-refractivity contribution is 0.350. The van der Waals surface area contributed by atoms with Crippen LogP contribution in [-0.2, 0) is 0 Å². The molecule has 4 heteroatoms. The van der Waals surface area contributed by atoms with E-state index in [0.29, 0.717) is 11.7 Å². The van der Waals surface area contributed by atoms with E-state index in [9.17, 15) is 0 Å². The highest BCUT2D eigenvalue weighted by atomic mass is 16.5. The first-order chi connectivity index (χ1) is 10.3. The van der Waals surface area contributed by atoms with E-state index in [1.807, 2.05) is 24.3 Å². The monoisotopic (exact) mass is 286 g/mol. The minimum absolute atomic E-state index is 0.429. The Morgan fingerprint density at radius 2 is 1.95 bits per heavy atom. The standard InChI is InChI=1S/C17H22N2O2/c1-20-14-10-6-9-13(11-14)15-16(21-19-17(15)18)12-7-4-2-3-5-8-12/h6,9-12H,2-5,7-8H2,1H3,(H2,18,19). The van der Waals surface area contributed by atoms with Gasteiger partial charge < -0.3 is 15.0 Å². The average molecular weight is 286 g/mol. The third-order valence-corrected chi connectivity index (χ3v) is 4.33. The maximum Gasteiger partial charge on any atom is 0.175 e. The molecular formula is C17H22N2O2. The summed E-state index contributed by atoms with van der Waals surface area (Å²) in [6, 6.07) is 7.92. The largest absolute Gasteiger partial charge is 0.497 e. The van der Waals surface area contributed by atoms with Crippen molar-refractivity contribution in [1.82, 2.24) is 5.16 Å². The number of hydrogen-bond acceptors (Lipinski definition) is 4. The van der Waals surface area contributed by atoms with E-state index in [0.717, 1.165) is 35.5 Å². The maximum absolute atomic E-state index is 6.06. The van der Waals surface area contributed by atoms with Gasteiger partial charge in [-0.25, -0.2) is 0 Å². The molecule has 112 valence electrons. The number of benzene rings is 1. The van der Waals surface area contributed by atoms with Gasteiger partial charge in [-0.15, -0.1) is 0 Å². The summed E-state index contributed by atoms with van der Waals surface area (Å²) < 4.78 is 10.9. The van der Waals surface area contributed by atoms with E-state index in [2.05, 4.69) is 5.16 Å². The minimum Gasteiger partial charge on any atom is -0.497 e. The Morgan fingerprint density at radius 3 is 2.67 bits per heavy atom. The number of ether oxygens (including phenoxy) is 1. The smallest absolute Gasteiger partial charge is 0.175 e. The molecule has 4 nitrogen and oxygen atoms in total. The van der Waals surface area contributed by atoms with Gasteiger partial charge in [0.15, 0.2) is 5.82 Å². The first kappa shape index (κ1) is 14.0. The maximum atomic E-state index is 6.06. The zero-order valence-electron chi connectivity index (χ0n) is 12.5. The van der Waals surface area contributed by atoms with Gasteiger partial charge in [0.05, 0.1) is 12.7 Å². The molecule has 1 aliphatic carbocycles. The van der Waals surface area contributed by atoms with E-state index < -0.39 is 0 Å². The van der Waals surface area contributed by atoms with Crippen LogP contribution in [0.25, 0.3) is 11.1 Å². The Bertz CT molecular complexity index is 599. The molecule has 0 bridgehead atoms. The fraction of sp³-hybridized carbons (Fsp3) is 0.471. The molecule has 0 radical (unpaired) electrons. The van der Waals surface area contributed by atoms with Gasteiger partial charge in [0.1, 0.15) is 11.5 Å². The van der Waals surface area contributed by atoms with Crippen molar-refractivity contribution in [2.45, 2.75) is 44.4 Å². The first-order valence-corrected chi connectivity index (χ1v) is 7.69. The molecule has 1 aliphatic rings.